The van der Waals surface area contributed by atoms with Gasteiger partial charge in [-0.15, -0.1) is 11.8 Å². The molecule has 1 N–H and O–H groups in total. The second kappa shape index (κ2) is 7.72. The maximum absolute atomic E-state index is 12.5. The summed E-state index contributed by atoms with van der Waals surface area (Å²) < 4.78 is 0. The SMILES string of the molecule is O=C(CS[C@@H]1CC(=O)N(c2ccccc2)C1=O)Nc1ccccc1Cl. The average Bonchev–Trinajstić information content (AvgIpc) is 2.89. The largest absolute Gasteiger partial charge is 0.324 e. The molecule has 0 spiro atoms. The van der Waals surface area contributed by atoms with Crippen LogP contribution in [0.3, 0.4) is 0 Å². The van der Waals surface area contributed by atoms with Gasteiger partial charge in [0.25, 0.3) is 0 Å². The van der Waals surface area contributed by atoms with E-state index in [9.17, 15) is 14.4 Å². The summed E-state index contributed by atoms with van der Waals surface area (Å²) in [5.41, 5.74) is 1.08. The highest BCUT2D eigenvalue weighted by atomic mass is 35.5. The molecular weight excluding hydrogens is 360 g/mol. The van der Waals surface area contributed by atoms with E-state index in [0.29, 0.717) is 16.4 Å². The van der Waals surface area contributed by atoms with Crippen LogP contribution in [0.15, 0.2) is 54.6 Å². The number of anilines is 2. The van der Waals surface area contributed by atoms with Crippen LogP contribution in [0.1, 0.15) is 6.42 Å². The van der Waals surface area contributed by atoms with Crippen LogP contribution in [-0.4, -0.2) is 28.7 Å². The number of imide groups is 1. The Labute approximate surface area is 154 Å². The predicted molar refractivity (Wildman–Crippen MR) is 99.9 cm³/mol. The first-order valence-corrected chi connectivity index (χ1v) is 9.07. The number of nitrogens with one attached hydrogen (secondary N) is 1. The van der Waals surface area contributed by atoms with Gasteiger partial charge in [-0.05, 0) is 24.3 Å². The van der Waals surface area contributed by atoms with Gasteiger partial charge in [0.15, 0.2) is 0 Å². The Bertz CT molecular complexity index is 813. The molecule has 0 saturated carbocycles. The molecule has 3 rings (SSSR count). The molecule has 1 fully saturated rings. The van der Waals surface area contributed by atoms with E-state index in [1.165, 1.54) is 4.90 Å². The molecule has 0 aromatic heterocycles. The van der Waals surface area contributed by atoms with E-state index in [4.69, 9.17) is 11.6 Å². The Hall–Kier alpha value is -2.31. The van der Waals surface area contributed by atoms with Gasteiger partial charge in [0.1, 0.15) is 0 Å². The molecule has 1 heterocycles. The summed E-state index contributed by atoms with van der Waals surface area (Å²) in [6.07, 6.45) is 0.0950. The average molecular weight is 375 g/mol. The van der Waals surface area contributed by atoms with Crippen LogP contribution in [0.25, 0.3) is 0 Å². The van der Waals surface area contributed by atoms with Crippen LogP contribution in [0.2, 0.25) is 5.02 Å². The highest BCUT2D eigenvalue weighted by Gasteiger charge is 2.39. The summed E-state index contributed by atoms with van der Waals surface area (Å²) in [7, 11) is 0. The van der Waals surface area contributed by atoms with Gasteiger partial charge in [-0.3, -0.25) is 14.4 Å². The van der Waals surface area contributed by atoms with Crippen LogP contribution in [0, 0.1) is 0 Å². The molecule has 1 aliphatic rings. The molecule has 5 nitrogen and oxygen atoms in total. The molecule has 0 radical (unpaired) electrons. The van der Waals surface area contributed by atoms with E-state index in [1.54, 1.807) is 48.5 Å². The van der Waals surface area contributed by atoms with Crippen LogP contribution < -0.4 is 10.2 Å². The number of rotatable bonds is 5. The van der Waals surface area contributed by atoms with Crippen molar-refractivity contribution in [3.05, 3.63) is 59.6 Å². The number of para-hydroxylation sites is 2. The third-order valence-corrected chi connectivity index (χ3v) is 5.21. The standard InChI is InChI=1S/C18H15ClN2O3S/c19-13-8-4-5-9-14(13)20-16(22)11-25-15-10-17(23)21(18(15)24)12-6-2-1-3-7-12/h1-9,15H,10-11H2,(H,20,22)/t15-/m1/s1. The normalized spacial score (nSPS) is 17.0. The molecule has 128 valence electrons. The van der Waals surface area contributed by atoms with E-state index in [0.717, 1.165) is 11.8 Å². The molecule has 0 bridgehead atoms. The molecule has 25 heavy (non-hydrogen) atoms. The van der Waals surface area contributed by atoms with Crippen molar-refractivity contribution in [1.82, 2.24) is 0 Å². The quantitative estimate of drug-likeness (QED) is 0.815. The van der Waals surface area contributed by atoms with E-state index in [-0.39, 0.29) is 29.9 Å². The lowest BCUT2D eigenvalue weighted by Crippen LogP contribution is -2.31. The highest BCUT2D eigenvalue weighted by Crippen LogP contribution is 2.29. The van der Waals surface area contributed by atoms with Crippen LogP contribution in [0.4, 0.5) is 11.4 Å². The van der Waals surface area contributed by atoms with E-state index in [1.807, 2.05) is 6.07 Å². The minimum Gasteiger partial charge on any atom is -0.324 e. The maximum Gasteiger partial charge on any atom is 0.247 e. The molecule has 7 heteroatoms. The number of amides is 3. The number of hydrogen-bond acceptors (Lipinski definition) is 4. The summed E-state index contributed by atoms with van der Waals surface area (Å²) in [5, 5.41) is 2.60. The minimum atomic E-state index is -0.551. The van der Waals surface area contributed by atoms with Crippen molar-refractivity contribution in [2.75, 3.05) is 16.0 Å². The van der Waals surface area contributed by atoms with Crippen LogP contribution in [0.5, 0.6) is 0 Å². The van der Waals surface area contributed by atoms with Gasteiger partial charge in [-0.1, -0.05) is 41.9 Å². The van der Waals surface area contributed by atoms with Gasteiger partial charge >= 0.3 is 0 Å². The zero-order valence-electron chi connectivity index (χ0n) is 13.1. The Morgan fingerprint density at radius 2 is 1.80 bits per heavy atom. The maximum atomic E-state index is 12.5. The molecular formula is C18H15ClN2O3S. The van der Waals surface area contributed by atoms with Gasteiger partial charge < -0.3 is 5.32 Å². The lowest BCUT2D eigenvalue weighted by atomic mass is 10.3. The minimum absolute atomic E-state index is 0.0670. The Morgan fingerprint density at radius 3 is 2.52 bits per heavy atom. The molecule has 0 aliphatic carbocycles. The van der Waals surface area contributed by atoms with Crippen LogP contribution >= 0.6 is 23.4 Å². The fourth-order valence-corrected chi connectivity index (χ4v) is 3.62. The number of carbonyl (C=O) groups excluding carboxylic acids is 3. The van der Waals surface area contributed by atoms with Crippen LogP contribution in [-0.2, 0) is 14.4 Å². The van der Waals surface area contributed by atoms with Crippen molar-refractivity contribution in [3.63, 3.8) is 0 Å². The number of halogens is 1. The van der Waals surface area contributed by atoms with Crippen molar-refractivity contribution in [2.24, 2.45) is 0 Å². The van der Waals surface area contributed by atoms with Crippen molar-refractivity contribution >= 4 is 52.5 Å². The van der Waals surface area contributed by atoms with Crippen molar-refractivity contribution in [3.8, 4) is 0 Å². The smallest absolute Gasteiger partial charge is 0.247 e. The van der Waals surface area contributed by atoms with Crippen molar-refractivity contribution in [1.29, 1.82) is 0 Å². The lowest BCUT2D eigenvalue weighted by Gasteiger charge is -2.14. The summed E-state index contributed by atoms with van der Waals surface area (Å²) in [4.78, 5) is 37.9. The monoisotopic (exact) mass is 374 g/mol. The van der Waals surface area contributed by atoms with Gasteiger partial charge in [-0.25, -0.2) is 4.90 Å². The van der Waals surface area contributed by atoms with Crippen molar-refractivity contribution in [2.45, 2.75) is 11.7 Å². The van der Waals surface area contributed by atoms with E-state index >= 15 is 0 Å². The summed E-state index contributed by atoms with van der Waals surface area (Å²) in [6, 6.07) is 15.7. The molecule has 2 aromatic rings. The first kappa shape index (κ1) is 17.5. The first-order chi connectivity index (χ1) is 12.1. The Balaban J connectivity index is 1.59. The molecule has 1 saturated heterocycles. The molecule has 0 unspecified atom stereocenters. The van der Waals surface area contributed by atoms with Gasteiger partial charge in [0.2, 0.25) is 17.7 Å². The number of nitrogens with zero attached hydrogens (tertiary/aromatic N) is 1. The van der Waals surface area contributed by atoms with Gasteiger partial charge in [-0.2, -0.15) is 0 Å². The number of hydrogen-bond donors (Lipinski definition) is 1. The zero-order chi connectivity index (χ0) is 17.8. The third-order valence-electron chi connectivity index (χ3n) is 3.68. The Morgan fingerprint density at radius 1 is 1.12 bits per heavy atom. The van der Waals surface area contributed by atoms with Gasteiger partial charge in [0, 0.05) is 6.42 Å². The molecule has 1 atom stereocenters. The van der Waals surface area contributed by atoms with Gasteiger partial charge in [0.05, 0.1) is 27.4 Å². The fraction of sp³-hybridized carbons (Fsp3) is 0.167. The number of thioether (sulfide) groups is 1. The third kappa shape index (κ3) is 4.03. The topological polar surface area (TPSA) is 66.5 Å². The molecule has 1 aliphatic heterocycles. The lowest BCUT2D eigenvalue weighted by molar-refractivity contribution is -0.121. The predicted octanol–water partition coefficient (Wildman–Crippen LogP) is 3.34. The van der Waals surface area contributed by atoms with E-state index in [2.05, 4.69) is 5.32 Å². The second-order valence-corrected chi connectivity index (χ2v) is 7.03. The molecule has 3 amide bonds. The molecule has 2 aromatic carbocycles. The van der Waals surface area contributed by atoms with E-state index < -0.39 is 5.25 Å². The number of benzene rings is 2. The summed E-state index contributed by atoms with van der Waals surface area (Å²) in [6.45, 7) is 0. The first-order valence-electron chi connectivity index (χ1n) is 7.64. The summed E-state index contributed by atoms with van der Waals surface area (Å²) >= 11 is 7.16. The Kier molecular flexibility index (Phi) is 5.40. The fourth-order valence-electron chi connectivity index (χ4n) is 2.51. The summed E-state index contributed by atoms with van der Waals surface area (Å²) in [5.74, 6) is -0.735. The zero-order valence-corrected chi connectivity index (χ0v) is 14.7. The van der Waals surface area contributed by atoms with Crippen molar-refractivity contribution < 1.29 is 14.4 Å². The highest BCUT2D eigenvalue weighted by molar-refractivity contribution is 8.01. The number of carbonyl (C=O) groups is 3. The second-order valence-electron chi connectivity index (χ2n) is 5.43.